The Hall–Kier alpha value is -3.66. The van der Waals surface area contributed by atoms with Gasteiger partial charge in [-0.3, -0.25) is 14.4 Å². The lowest BCUT2D eigenvalue weighted by atomic mass is 10.0. The molecule has 9 heteroatoms. The van der Waals surface area contributed by atoms with Gasteiger partial charge in [-0.25, -0.2) is 0 Å². The fourth-order valence-corrected chi connectivity index (χ4v) is 4.12. The largest absolute Gasteiger partial charge is 0.496 e. The Morgan fingerprint density at radius 3 is 2.58 bits per heavy atom. The Bertz CT molecular complexity index is 1300. The van der Waals surface area contributed by atoms with Gasteiger partial charge in [0.1, 0.15) is 12.4 Å². The number of carbonyl (C=O) groups excluding carboxylic acids is 3. The molecule has 3 N–H and O–H groups in total. The molecule has 0 unspecified atom stereocenters. The SMILES string of the molecule is C/C=C/C(=O)SCC(=O)OCc1ccc2[nH]cc(/C=C/C(=O)c3cc(CO)c(CO)c(OC)c3)c2c1. The Morgan fingerprint density at radius 2 is 1.89 bits per heavy atom. The number of aromatic amines is 1. The molecule has 0 aliphatic rings. The van der Waals surface area contributed by atoms with Gasteiger partial charge in [0.05, 0.1) is 26.1 Å². The van der Waals surface area contributed by atoms with Gasteiger partial charge < -0.3 is 24.7 Å². The van der Waals surface area contributed by atoms with E-state index >= 15 is 0 Å². The number of hydrogen-bond acceptors (Lipinski definition) is 8. The van der Waals surface area contributed by atoms with E-state index < -0.39 is 5.97 Å². The molecule has 0 atom stereocenters. The van der Waals surface area contributed by atoms with Gasteiger partial charge in [0.2, 0.25) is 5.12 Å². The number of esters is 1. The van der Waals surface area contributed by atoms with Crippen LogP contribution in [0.5, 0.6) is 5.75 Å². The Morgan fingerprint density at radius 1 is 1.08 bits per heavy atom. The number of H-pyrrole nitrogens is 1. The lowest BCUT2D eigenvalue weighted by Crippen LogP contribution is -2.08. The van der Waals surface area contributed by atoms with Crippen LogP contribution < -0.4 is 4.74 Å². The second kappa shape index (κ2) is 12.9. The van der Waals surface area contributed by atoms with Gasteiger partial charge in [0, 0.05) is 28.2 Å². The third-order valence-corrected chi connectivity index (χ3v) is 6.16. The van der Waals surface area contributed by atoms with Crippen molar-refractivity contribution in [1.29, 1.82) is 0 Å². The first-order chi connectivity index (χ1) is 17.4. The van der Waals surface area contributed by atoms with Crippen molar-refractivity contribution in [3.63, 3.8) is 0 Å². The highest BCUT2D eigenvalue weighted by molar-refractivity contribution is 8.14. The van der Waals surface area contributed by atoms with E-state index in [1.54, 1.807) is 25.3 Å². The van der Waals surface area contributed by atoms with E-state index in [4.69, 9.17) is 9.47 Å². The van der Waals surface area contributed by atoms with Crippen LogP contribution >= 0.6 is 11.8 Å². The molecular weight excluding hydrogens is 482 g/mol. The number of nitrogens with one attached hydrogen (secondary N) is 1. The van der Waals surface area contributed by atoms with E-state index in [1.165, 1.54) is 31.4 Å². The molecule has 0 spiro atoms. The minimum Gasteiger partial charge on any atom is -0.496 e. The Kier molecular flexibility index (Phi) is 9.63. The molecule has 0 aliphatic carbocycles. The number of carbonyl (C=O) groups is 3. The molecule has 0 saturated heterocycles. The number of hydrogen-bond donors (Lipinski definition) is 3. The van der Waals surface area contributed by atoms with Crippen molar-refractivity contribution in [2.24, 2.45) is 0 Å². The average molecular weight is 510 g/mol. The van der Waals surface area contributed by atoms with Crippen molar-refractivity contribution < 1.29 is 34.1 Å². The molecule has 1 aromatic heterocycles. The van der Waals surface area contributed by atoms with Gasteiger partial charge in [-0.1, -0.05) is 23.9 Å². The number of thioether (sulfide) groups is 1. The number of benzene rings is 2. The summed E-state index contributed by atoms with van der Waals surface area (Å²) in [6.45, 7) is 1.13. The zero-order valence-corrected chi connectivity index (χ0v) is 20.8. The smallest absolute Gasteiger partial charge is 0.316 e. The van der Waals surface area contributed by atoms with Crippen LogP contribution in [0.15, 0.2) is 54.8 Å². The number of rotatable bonds is 11. The number of allylic oxidation sites excluding steroid dienone is 2. The molecule has 8 nitrogen and oxygen atoms in total. The third kappa shape index (κ3) is 6.72. The standard InChI is InChI=1S/C27H27NO7S/c1-3-4-27(33)36-16-26(32)35-15-17-5-7-23-21(9-17)18(12-28-23)6-8-24(31)19-10-20(13-29)22(14-30)25(11-19)34-2/h3-12,28-30H,13-16H2,1-2H3/b4-3+,8-6+. The van der Waals surface area contributed by atoms with E-state index in [9.17, 15) is 24.6 Å². The van der Waals surface area contributed by atoms with Crippen molar-refractivity contribution in [1.82, 2.24) is 4.98 Å². The van der Waals surface area contributed by atoms with Crippen LogP contribution in [0, 0.1) is 0 Å². The number of aromatic nitrogens is 1. The third-order valence-electron chi connectivity index (χ3n) is 5.36. The normalized spacial score (nSPS) is 11.4. The fourth-order valence-electron chi connectivity index (χ4n) is 3.55. The summed E-state index contributed by atoms with van der Waals surface area (Å²) in [5.41, 5.74) is 3.56. The van der Waals surface area contributed by atoms with Crippen molar-refractivity contribution in [2.75, 3.05) is 12.9 Å². The maximum Gasteiger partial charge on any atom is 0.316 e. The maximum absolute atomic E-state index is 12.8. The van der Waals surface area contributed by atoms with Crippen LogP contribution in [-0.4, -0.2) is 44.9 Å². The summed E-state index contributed by atoms with van der Waals surface area (Å²) in [7, 11) is 1.43. The number of ketones is 1. The lowest BCUT2D eigenvalue weighted by molar-refractivity contribution is -0.141. The van der Waals surface area contributed by atoms with Crippen LogP contribution in [0.1, 0.15) is 39.5 Å². The molecule has 188 valence electrons. The van der Waals surface area contributed by atoms with Gasteiger partial charge in [0.15, 0.2) is 5.78 Å². The van der Waals surface area contributed by atoms with Crippen molar-refractivity contribution in [3.8, 4) is 5.75 Å². The summed E-state index contributed by atoms with van der Waals surface area (Å²) in [6.07, 6.45) is 7.86. The fraction of sp³-hybridized carbons (Fsp3) is 0.222. The van der Waals surface area contributed by atoms with Crippen molar-refractivity contribution in [2.45, 2.75) is 26.7 Å². The molecule has 3 rings (SSSR count). The van der Waals surface area contributed by atoms with Crippen LogP contribution in [-0.2, 0) is 34.1 Å². The summed E-state index contributed by atoms with van der Waals surface area (Å²) in [5.74, 6) is -0.510. The molecule has 36 heavy (non-hydrogen) atoms. The highest BCUT2D eigenvalue weighted by atomic mass is 32.2. The van der Waals surface area contributed by atoms with Crippen LogP contribution in [0.2, 0.25) is 0 Å². The molecule has 0 fully saturated rings. The van der Waals surface area contributed by atoms with Gasteiger partial charge in [-0.2, -0.15) is 0 Å². The molecule has 0 bridgehead atoms. The zero-order chi connectivity index (χ0) is 26.1. The molecule has 0 aliphatic heterocycles. The minimum atomic E-state index is -0.484. The number of aliphatic hydroxyl groups excluding tert-OH is 2. The van der Waals surface area contributed by atoms with E-state index in [1.807, 2.05) is 18.2 Å². The molecule has 3 aromatic rings. The van der Waals surface area contributed by atoms with Crippen LogP contribution in [0.3, 0.4) is 0 Å². The molecule has 0 saturated carbocycles. The molecular formula is C27H27NO7S. The summed E-state index contributed by atoms with van der Waals surface area (Å²) in [6, 6.07) is 8.61. The first kappa shape index (κ1) is 26.9. The summed E-state index contributed by atoms with van der Waals surface area (Å²) in [4.78, 5) is 39.4. The molecule has 0 radical (unpaired) electrons. The highest BCUT2D eigenvalue weighted by Gasteiger charge is 2.14. The highest BCUT2D eigenvalue weighted by Crippen LogP contribution is 2.26. The summed E-state index contributed by atoms with van der Waals surface area (Å²) >= 11 is 0.884. The van der Waals surface area contributed by atoms with E-state index in [2.05, 4.69) is 4.98 Å². The first-order valence-corrected chi connectivity index (χ1v) is 12.1. The zero-order valence-electron chi connectivity index (χ0n) is 19.9. The topological polar surface area (TPSA) is 126 Å². The minimum absolute atomic E-state index is 0.0569. The Balaban J connectivity index is 1.73. The van der Waals surface area contributed by atoms with Gasteiger partial charge in [-0.05, 0) is 66.1 Å². The van der Waals surface area contributed by atoms with E-state index in [0.717, 1.165) is 33.8 Å². The van der Waals surface area contributed by atoms with Gasteiger partial charge in [-0.15, -0.1) is 0 Å². The number of aliphatic hydroxyl groups is 2. The Labute approximate surface area is 212 Å². The van der Waals surface area contributed by atoms with Crippen LogP contribution in [0.4, 0.5) is 0 Å². The summed E-state index contributed by atoms with van der Waals surface area (Å²) in [5, 5.41) is 19.8. The van der Waals surface area contributed by atoms with E-state index in [-0.39, 0.29) is 36.5 Å². The van der Waals surface area contributed by atoms with Crippen molar-refractivity contribution >= 4 is 45.6 Å². The number of fused-ring (bicyclic) bond motifs is 1. The second-order valence-corrected chi connectivity index (χ2v) is 8.70. The predicted molar refractivity (Wildman–Crippen MR) is 139 cm³/mol. The predicted octanol–water partition coefficient (Wildman–Crippen LogP) is 3.94. The molecule has 2 aromatic carbocycles. The van der Waals surface area contributed by atoms with Crippen LogP contribution in [0.25, 0.3) is 17.0 Å². The van der Waals surface area contributed by atoms with E-state index in [0.29, 0.717) is 22.4 Å². The quantitative estimate of drug-likeness (QED) is 0.202. The van der Waals surface area contributed by atoms with Gasteiger partial charge in [0.25, 0.3) is 0 Å². The van der Waals surface area contributed by atoms with Crippen molar-refractivity contribution in [3.05, 3.63) is 82.6 Å². The van der Waals surface area contributed by atoms with Gasteiger partial charge >= 0.3 is 5.97 Å². The molecule has 0 amide bonds. The number of methoxy groups -OCH3 is 1. The first-order valence-electron chi connectivity index (χ1n) is 11.1. The second-order valence-electron chi connectivity index (χ2n) is 7.72. The summed E-state index contributed by atoms with van der Waals surface area (Å²) < 4.78 is 10.5. The lowest BCUT2D eigenvalue weighted by Gasteiger charge is -2.12. The number of ether oxygens (including phenoxy) is 2. The molecule has 1 heterocycles. The average Bonchev–Trinajstić information content (AvgIpc) is 3.30. The monoisotopic (exact) mass is 509 g/mol. The maximum atomic E-state index is 12.8.